The van der Waals surface area contributed by atoms with Crippen molar-refractivity contribution in [3.8, 4) is 22.8 Å². The maximum Gasteiger partial charge on any atom is 0.311 e. The van der Waals surface area contributed by atoms with E-state index in [1.54, 1.807) is 18.2 Å². The first-order valence-electron chi connectivity index (χ1n) is 7.43. The lowest BCUT2D eigenvalue weighted by molar-refractivity contribution is -0.385. The van der Waals surface area contributed by atoms with E-state index >= 15 is 0 Å². The molecule has 0 unspecified atom stereocenters. The second kappa shape index (κ2) is 6.29. The lowest BCUT2D eigenvalue weighted by Gasteiger charge is -2.07. The summed E-state index contributed by atoms with van der Waals surface area (Å²) in [6.07, 6.45) is 1.40. The Bertz CT molecular complexity index is 1060. The number of benzene rings is 2. The highest BCUT2D eigenvalue weighted by Gasteiger charge is 2.19. The van der Waals surface area contributed by atoms with Crippen molar-refractivity contribution in [1.29, 1.82) is 0 Å². The van der Waals surface area contributed by atoms with Gasteiger partial charge in [-0.25, -0.2) is 9.97 Å². The number of rotatable bonds is 4. The first-order chi connectivity index (χ1) is 12.2. The predicted molar refractivity (Wildman–Crippen MR) is 96.0 cm³/mol. The molecule has 0 aliphatic carbocycles. The number of nitro groups is 1. The fourth-order valence-electron chi connectivity index (χ4n) is 2.55. The highest BCUT2D eigenvalue weighted by atomic mass is 32.1. The Morgan fingerprint density at radius 2 is 1.76 bits per heavy atom. The van der Waals surface area contributed by atoms with Crippen LogP contribution in [0, 0.1) is 10.1 Å². The van der Waals surface area contributed by atoms with Crippen LogP contribution in [-0.4, -0.2) is 14.9 Å². The van der Waals surface area contributed by atoms with Crippen LogP contribution in [0.5, 0.6) is 11.6 Å². The molecule has 0 amide bonds. The normalized spacial score (nSPS) is 10.7. The summed E-state index contributed by atoms with van der Waals surface area (Å²) in [6.45, 7) is 0. The number of ether oxygens (including phenoxy) is 1. The first kappa shape index (κ1) is 15.2. The first-order valence-corrected chi connectivity index (χ1v) is 8.31. The van der Waals surface area contributed by atoms with Gasteiger partial charge in [-0.15, -0.1) is 11.3 Å². The molecule has 0 N–H and O–H groups in total. The Morgan fingerprint density at radius 3 is 2.56 bits per heavy atom. The molecule has 0 aliphatic heterocycles. The molecule has 4 rings (SSSR count). The minimum Gasteiger partial charge on any atom is -0.431 e. The molecule has 0 spiro atoms. The molecule has 2 heterocycles. The average Bonchev–Trinajstić information content (AvgIpc) is 3.08. The van der Waals surface area contributed by atoms with Crippen molar-refractivity contribution in [3.63, 3.8) is 0 Å². The SMILES string of the molecule is O=[N+]([O-])c1ccccc1Oc1ncnc2scc(-c3ccccc3)c12. The zero-order chi connectivity index (χ0) is 17.2. The van der Waals surface area contributed by atoms with E-state index in [0.717, 1.165) is 21.3 Å². The van der Waals surface area contributed by atoms with E-state index in [4.69, 9.17) is 4.74 Å². The van der Waals surface area contributed by atoms with Gasteiger partial charge in [0, 0.05) is 17.0 Å². The smallest absolute Gasteiger partial charge is 0.311 e. The van der Waals surface area contributed by atoms with Gasteiger partial charge >= 0.3 is 5.69 Å². The fraction of sp³-hybridized carbons (Fsp3) is 0. The Balaban J connectivity index is 1.86. The number of aromatic nitrogens is 2. The van der Waals surface area contributed by atoms with Crippen molar-refractivity contribution in [1.82, 2.24) is 9.97 Å². The fourth-order valence-corrected chi connectivity index (χ4v) is 3.46. The highest BCUT2D eigenvalue weighted by Crippen LogP contribution is 2.40. The van der Waals surface area contributed by atoms with Crippen molar-refractivity contribution < 1.29 is 9.66 Å². The zero-order valence-corrected chi connectivity index (χ0v) is 13.6. The molecule has 2 aromatic heterocycles. The average molecular weight is 349 g/mol. The van der Waals surface area contributed by atoms with Gasteiger partial charge in [0.25, 0.3) is 0 Å². The third-order valence-corrected chi connectivity index (χ3v) is 4.58. The molecular formula is C18H11N3O3S. The second-order valence-corrected chi connectivity index (χ2v) is 6.06. The Kier molecular flexibility index (Phi) is 3.83. The molecule has 0 saturated carbocycles. The van der Waals surface area contributed by atoms with Crippen LogP contribution in [-0.2, 0) is 0 Å². The van der Waals surface area contributed by atoms with Crippen molar-refractivity contribution in [2.24, 2.45) is 0 Å². The molecule has 2 aromatic carbocycles. The van der Waals surface area contributed by atoms with Gasteiger partial charge in [0.1, 0.15) is 11.2 Å². The lowest BCUT2D eigenvalue weighted by atomic mass is 10.1. The summed E-state index contributed by atoms with van der Waals surface area (Å²) < 4.78 is 5.82. The standard InChI is InChI=1S/C18H11N3O3S/c22-21(23)14-8-4-5-9-15(14)24-17-16-13(12-6-2-1-3-7-12)10-25-18(16)20-11-19-17/h1-11H. The minimum atomic E-state index is -0.473. The number of hydrogen-bond donors (Lipinski definition) is 0. The van der Waals surface area contributed by atoms with Gasteiger partial charge in [-0.1, -0.05) is 42.5 Å². The van der Waals surface area contributed by atoms with Gasteiger partial charge in [-0.2, -0.15) is 0 Å². The van der Waals surface area contributed by atoms with Gasteiger partial charge in [0.05, 0.1) is 10.3 Å². The zero-order valence-electron chi connectivity index (χ0n) is 12.8. The van der Waals surface area contributed by atoms with E-state index in [1.807, 2.05) is 35.7 Å². The van der Waals surface area contributed by atoms with Gasteiger partial charge in [-0.3, -0.25) is 10.1 Å². The molecule has 0 bridgehead atoms. The van der Waals surface area contributed by atoms with Gasteiger partial charge in [0.15, 0.2) is 0 Å². The number of nitrogens with zero attached hydrogens (tertiary/aromatic N) is 3. The molecule has 4 aromatic rings. The van der Waals surface area contributed by atoms with Crippen molar-refractivity contribution >= 4 is 27.2 Å². The minimum absolute atomic E-state index is 0.106. The van der Waals surface area contributed by atoms with Crippen LogP contribution in [0.1, 0.15) is 0 Å². The van der Waals surface area contributed by atoms with Crippen molar-refractivity contribution in [2.75, 3.05) is 0 Å². The summed E-state index contributed by atoms with van der Waals surface area (Å²) in [4.78, 5) is 20.0. The maximum atomic E-state index is 11.2. The second-order valence-electron chi connectivity index (χ2n) is 5.20. The molecule has 25 heavy (non-hydrogen) atoms. The molecule has 122 valence electrons. The van der Waals surface area contributed by atoms with Crippen LogP contribution in [0.15, 0.2) is 66.3 Å². The van der Waals surface area contributed by atoms with Crippen molar-refractivity contribution in [3.05, 3.63) is 76.4 Å². The predicted octanol–water partition coefficient (Wildman–Crippen LogP) is 5.06. The lowest BCUT2D eigenvalue weighted by Crippen LogP contribution is -1.95. The summed E-state index contributed by atoms with van der Waals surface area (Å²) >= 11 is 1.48. The Labute approximate surface area is 146 Å². The molecular weight excluding hydrogens is 338 g/mol. The molecule has 0 fully saturated rings. The summed E-state index contributed by atoms with van der Waals surface area (Å²) in [6, 6.07) is 16.1. The van der Waals surface area contributed by atoms with Crippen molar-refractivity contribution in [2.45, 2.75) is 0 Å². The number of thiophene rings is 1. The Morgan fingerprint density at radius 1 is 1.00 bits per heavy atom. The van der Waals surface area contributed by atoms with Crippen LogP contribution in [0.2, 0.25) is 0 Å². The topological polar surface area (TPSA) is 78.2 Å². The quantitative estimate of drug-likeness (QED) is 0.380. The van der Waals surface area contributed by atoms with Crippen LogP contribution in [0.3, 0.4) is 0 Å². The third kappa shape index (κ3) is 2.81. The van der Waals surface area contributed by atoms with Gasteiger partial charge in [-0.05, 0) is 11.6 Å². The Hall–Kier alpha value is -3.32. The third-order valence-electron chi connectivity index (χ3n) is 3.69. The summed E-state index contributed by atoms with van der Waals surface area (Å²) in [7, 11) is 0. The monoisotopic (exact) mass is 349 g/mol. The van der Waals surface area contributed by atoms with E-state index in [9.17, 15) is 10.1 Å². The van der Waals surface area contributed by atoms with Gasteiger partial charge in [0.2, 0.25) is 11.6 Å². The number of hydrogen-bond acceptors (Lipinski definition) is 6. The van der Waals surface area contributed by atoms with Gasteiger partial charge < -0.3 is 4.74 Å². The number of fused-ring (bicyclic) bond motifs is 1. The van der Waals surface area contributed by atoms with E-state index in [0.29, 0.717) is 5.88 Å². The highest BCUT2D eigenvalue weighted by molar-refractivity contribution is 7.17. The maximum absolute atomic E-state index is 11.2. The summed E-state index contributed by atoms with van der Waals surface area (Å²) in [5, 5.41) is 13.9. The molecule has 0 radical (unpaired) electrons. The summed E-state index contributed by atoms with van der Waals surface area (Å²) in [5.74, 6) is 0.456. The van der Waals surface area contributed by atoms with E-state index in [2.05, 4.69) is 9.97 Å². The molecule has 6 nitrogen and oxygen atoms in total. The van der Waals surface area contributed by atoms with Crippen LogP contribution in [0.4, 0.5) is 5.69 Å². The largest absolute Gasteiger partial charge is 0.431 e. The summed E-state index contributed by atoms with van der Waals surface area (Å²) in [5.41, 5.74) is 1.84. The van der Waals surface area contributed by atoms with E-state index < -0.39 is 4.92 Å². The van der Waals surface area contributed by atoms with Crippen LogP contribution < -0.4 is 4.74 Å². The van der Waals surface area contributed by atoms with E-state index in [-0.39, 0.29) is 11.4 Å². The number of para-hydroxylation sites is 2. The number of nitro benzene ring substituents is 1. The van der Waals surface area contributed by atoms with Crippen LogP contribution >= 0.6 is 11.3 Å². The molecule has 0 saturated heterocycles. The van der Waals surface area contributed by atoms with E-state index in [1.165, 1.54) is 23.7 Å². The molecule has 7 heteroatoms. The van der Waals surface area contributed by atoms with Crippen LogP contribution in [0.25, 0.3) is 21.3 Å². The molecule has 0 atom stereocenters. The molecule has 0 aliphatic rings.